The molecule has 0 aromatic carbocycles. The van der Waals surface area contributed by atoms with E-state index in [1.807, 2.05) is 19.9 Å². The molecule has 0 unspecified atom stereocenters. The van der Waals surface area contributed by atoms with Crippen LogP contribution in [0.3, 0.4) is 0 Å². The molecule has 0 spiro atoms. The minimum atomic E-state index is -0.316. The first kappa shape index (κ1) is 18.2. The number of nitrogens with zero attached hydrogens (tertiary/aromatic N) is 4. The summed E-state index contributed by atoms with van der Waals surface area (Å²) < 4.78 is 1.52. The molecule has 1 aliphatic carbocycles. The van der Waals surface area contributed by atoms with E-state index in [4.69, 9.17) is 0 Å². The van der Waals surface area contributed by atoms with Crippen LogP contribution < -0.4 is 11.0 Å². The second kappa shape index (κ2) is 7.76. The molecule has 1 N–H and O–H groups in total. The van der Waals surface area contributed by atoms with Gasteiger partial charge in [-0.05, 0) is 58.1 Å². The Bertz CT molecular complexity index is 888. The predicted octanol–water partition coefficient (Wildman–Crippen LogP) is 1.54. The summed E-state index contributed by atoms with van der Waals surface area (Å²) >= 11 is 0. The highest BCUT2D eigenvalue weighted by atomic mass is 16.2. The van der Waals surface area contributed by atoms with Crippen LogP contribution in [-0.4, -0.2) is 25.4 Å². The van der Waals surface area contributed by atoms with Crippen molar-refractivity contribution in [2.75, 3.05) is 0 Å². The molecule has 0 aliphatic heterocycles. The molecule has 26 heavy (non-hydrogen) atoms. The van der Waals surface area contributed by atoms with Gasteiger partial charge < -0.3 is 5.32 Å². The normalized spacial score (nSPS) is 13.3. The van der Waals surface area contributed by atoms with Gasteiger partial charge in [0.2, 0.25) is 5.91 Å². The molecule has 0 bridgehead atoms. The van der Waals surface area contributed by atoms with Gasteiger partial charge in [0.05, 0.1) is 6.54 Å². The Kier molecular flexibility index (Phi) is 5.44. The third-order valence-corrected chi connectivity index (χ3v) is 4.79. The van der Waals surface area contributed by atoms with E-state index in [0.29, 0.717) is 24.6 Å². The van der Waals surface area contributed by atoms with Gasteiger partial charge >= 0.3 is 5.69 Å². The number of rotatable bonds is 5. The molecule has 1 aliphatic rings. The van der Waals surface area contributed by atoms with Gasteiger partial charge in [-0.2, -0.15) is 4.98 Å². The van der Waals surface area contributed by atoms with E-state index in [-0.39, 0.29) is 18.0 Å². The fourth-order valence-corrected chi connectivity index (χ4v) is 3.45. The largest absolute Gasteiger partial charge is 0.349 e. The molecule has 7 nitrogen and oxygen atoms in total. The van der Waals surface area contributed by atoms with Gasteiger partial charge in [0.15, 0.2) is 0 Å². The first-order chi connectivity index (χ1) is 12.4. The molecule has 7 heteroatoms. The third-order valence-electron chi connectivity index (χ3n) is 4.79. The fraction of sp³-hybridized carbons (Fsp3) is 0.526. The number of fused-ring (bicyclic) bond motifs is 1. The highest BCUT2D eigenvalue weighted by Crippen LogP contribution is 2.21. The lowest BCUT2D eigenvalue weighted by molar-refractivity contribution is -0.121. The molecule has 0 atom stereocenters. The lowest BCUT2D eigenvalue weighted by atomic mass is 9.95. The second-order valence-electron chi connectivity index (χ2n) is 6.86. The second-order valence-corrected chi connectivity index (χ2v) is 6.86. The third kappa shape index (κ3) is 4.15. The van der Waals surface area contributed by atoms with Crippen LogP contribution in [0.5, 0.6) is 0 Å². The average molecular weight is 355 g/mol. The number of aryl methyl sites for hydroxylation is 4. The van der Waals surface area contributed by atoms with Gasteiger partial charge in [0, 0.05) is 35.7 Å². The summed E-state index contributed by atoms with van der Waals surface area (Å²) in [6.45, 7) is 6.27. The van der Waals surface area contributed by atoms with E-state index in [1.54, 1.807) is 6.92 Å². The van der Waals surface area contributed by atoms with Crippen LogP contribution in [0.15, 0.2) is 10.9 Å². The van der Waals surface area contributed by atoms with E-state index in [9.17, 15) is 9.59 Å². The number of carbonyl (C=O) groups is 1. The van der Waals surface area contributed by atoms with Crippen molar-refractivity contribution in [1.82, 2.24) is 24.8 Å². The summed E-state index contributed by atoms with van der Waals surface area (Å²) in [7, 11) is 0. The standard InChI is InChI=1S/C19H25N5O2/c1-12-10-13(2)24(19(26)21-12)9-8-18(25)20-11-17-22-14(3)15-6-4-5-7-16(15)23-17/h10H,4-9,11H2,1-3H3,(H,20,25). The predicted molar refractivity (Wildman–Crippen MR) is 97.8 cm³/mol. The quantitative estimate of drug-likeness (QED) is 0.879. The molecule has 138 valence electrons. The summed E-state index contributed by atoms with van der Waals surface area (Å²) in [6, 6.07) is 1.84. The molecule has 2 aromatic heterocycles. The molecular weight excluding hydrogens is 330 g/mol. The van der Waals surface area contributed by atoms with Crippen LogP contribution in [0.4, 0.5) is 0 Å². The number of aromatic nitrogens is 4. The minimum Gasteiger partial charge on any atom is -0.349 e. The monoisotopic (exact) mass is 355 g/mol. The first-order valence-electron chi connectivity index (χ1n) is 9.11. The van der Waals surface area contributed by atoms with Gasteiger partial charge in [-0.15, -0.1) is 0 Å². The SMILES string of the molecule is Cc1cc(C)n(CCC(=O)NCc2nc(C)c3c(n2)CCCC3)c(=O)n1. The lowest BCUT2D eigenvalue weighted by Crippen LogP contribution is -2.30. The van der Waals surface area contributed by atoms with Crippen LogP contribution in [0.25, 0.3) is 0 Å². The van der Waals surface area contributed by atoms with Gasteiger partial charge in [-0.1, -0.05) is 0 Å². The Balaban J connectivity index is 1.58. The summed E-state index contributed by atoms with van der Waals surface area (Å²) in [4.78, 5) is 37.1. The Morgan fingerprint density at radius 2 is 1.92 bits per heavy atom. The van der Waals surface area contributed by atoms with Crippen LogP contribution in [-0.2, 0) is 30.7 Å². The van der Waals surface area contributed by atoms with Gasteiger partial charge in [0.25, 0.3) is 0 Å². The number of hydrogen-bond donors (Lipinski definition) is 1. The van der Waals surface area contributed by atoms with Crippen LogP contribution in [0, 0.1) is 20.8 Å². The number of hydrogen-bond acceptors (Lipinski definition) is 5. The highest BCUT2D eigenvalue weighted by molar-refractivity contribution is 5.75. The van der Waals surface area contributed by atoms with E-state index < -0.39 is 0 Å². The van der Waals surface area contributed by atoms with Crippen molar-refractivity contribution in [1.29, 1.82) is 0 Å². The Morgan fingerprint density at radius 3 is 2.69 bits per heavy atom. The number of carbonyl (C=O) groups excluding carboxylic acids is 1. The molecule has 0 saturated carbocycles. The smallest absolute Gasteiger partial charge is 0.347 e. The number of nitrogens with one attached hydrogen (secondary N) is 1. The maximum absolute atomic E-state index is 12.2. The van der Waals surface area contributed by atoms with Gasteiger partial charge in [-0.3, -0.25) is 9.36 Å². The maximum atomic E-state index is 12.2. The Morgan fingerprint density at radius 1 is 1.15 bits per heavy atom. The molecule has 2 aromatic rings. The highest BCUT2D eigenvalue weighted by Gasteiger charge is 2.15. The zero-order valence-corrected chi connectivity index (χ0v) is 15.6. The van der Waals surface area contributed by atoms with E-state index >= 15 is 0 Å². The zero-order valence-electron chi connectivity index (χ0n) is 15.6. The van der Waals surface area contributed by atoms with E-state index in [0.717, 1.165) is 36.3 Å². The molecule has 0 radical (unpaired) electrons. The molecule has 0 saturated heterocycles. The average Bonchev–Trinajstić information content (AvgIpc) is 2.59. The van der Waals surface area contributed by atoms with Crippen LogP contribution in [0.1, 0.15) is 53.4 Å². The van der Waals surface area contributed by atoms with Crippen molar-refractivity contribution in [2.24, 2.45) is 0 Å². The Hall–Kier alpha value is -2.57. The lowest BCUT2D eigenvalue weighted by Gasteiger charge is -2.17. The van der Waals surface area contributed by atoms with Crippen molar-refractivity contribution in [3.8, 4) is 0 Å². The molecule has 0 fully saturated rings. The summed E-state index contributed by atoms with van der Waals surface area (Å²) in [5.41, 5.74) is 4.60. The van der Waals surface area contributed by atoms with E-state index in [2.05, 4.69) is 20.3 Å². The van der Waals surface area contributed by atoms with Crippen LogP contribution >= 0.6 is 0 Å². The molecular formula is C19H25N5O2. The van der Waals surface area contributed by atoms with E-state index in [1.165, 1.54) is 16.6 Å². The summed E-state index contributed by atoms with van der Waals surface area (Å²) in [6.07, 6.45) is 4.61. The molecule has 3 rings (SSSR count). The minimum absolute atomic E-state index is 0.129. The summed E-state index contributed by atoms with van der Waals surface area (Å²) in [5.74, 6) is 0.526. The van der Waals surface area contributed by atoms with Crippen molar-refractivity contribution in [3.63, 3.8) is 0 Å². The number of amides is 1. The van der Waals surface area contributed by atoms with Crippen molar-refractivity contribution < 1.29 is 4.79 Å². The maximum Gasteiger partial charge on any atom is 0.347 e. The van der Waals surface area contributed by atoms with Crippen molar-refractivity contribution in [3.05, 3.63) is 50.7 Å². The van der Waals surface area contributed by atoms with Crippen LogP contribution in [0.2, 0.25) is 0 Å². The first-order valence-corrected chi connectivity index (χ1v) is 9.11. The van der Waals surface area contributed by atoms with Gasteiger partial charge in [0.1, 0.15) is 5.82 Å². The van der Waals surface area contributed by atoms with Gasteiger partial charge in [-0.25, -0.2) is 14.8 Å². The molecule has 2 heterocycles. The Labute approximate surface area is 152 Å². The van der Waals surface area contributed by atoms with Crippen molar-refractivity contribution >= 4 is 5.91 Å². The molecule has 1 amide bonds. The topological polar surface area (TPSA) is 89.8 Å². The van der Waals surface area contributed by atoms with Crippen molar-refractivity contribution in [2.45, 2.75) is 66.0 Å². The fourth-order valence-electron chi connectivity index (χ4n) is 3.45. The summed E-state index contributed by atoms with van der Waals surface area (Å²) in [5, 5.41) is 2.85. The zero-order chi connectivity index (χ0) is 18.7.